The molecular weight excluding hydrogens is 376 g/mol. The van der Waals surface area contributed by atoms with E-state index >= 15 is 0 Å². The van der Waals surface area contributed by atoms with Gasteiger partial charge >= 0.3 is 6.18 Å². The lowest BCUT2D eigenvalue weighted by molar-refractivity contribution is -0.144. The summed E-state index contributed by atoms with van der Waals surface area (Å²) in [5.74, 6) is -2.31. The number of carbonyl (C=O) groups excluding carboxylic acids is 1. The lowest BCUT2D eigenvalue weighted by atomic mass is 10.4. The largest absolute Gasteiger partial charge is 0.451 e. The number of nitrogens with zero attached hydrogens (tertiary/aromatic N) is 2. The molecule has 0 saturated carbocycles. The Balaban J connectivity index is 2.03. The van der Waals surface area contributed by atoms with Crippen LogP contribution in [0.1, 0.15) is 12.7 Å². The molecule has 0 bridgehead atoms. The summed E-state index contributed by atoms with van der Waals surface area (Å²) in [6.07, 6.45) is -4.66. The average Bonchev–Trinajstić information content (AvgIpc) is 2.91. The van der Waals surface area contributed by atoms with E-state index in [0.717, 1.165) is 11.8 Å². The third-order valence-corrected chi connectivity index (χ3v) is 4.39. The fourth-order valence-electron chi connectivity index (χ4n) is 1.47. The number of anilines is 1. The molecule has 0 radical (unpaired) electrons. The summed E-state index contributed by atoms with van der Waals surface area (Å²) in [5, 5.41) is 7.42. The van der Waals surface area contributed by atoms with Crippen LogP contribution in [0.15, 0.2) is 23.1 Å². The Labute approximate surface area is 143 Å². The number of halogens is 5. The molecule has 23 heavy (non-hydrogen) atoms. The van der Waals surface area contributed by atoms with Gasteiger partial charge in [0.05, 0.1) is 10.3 Å². The molecule has 2 rings (SSSR count). The number of H-pyrrole nitrogens is 1. The number of rotatable bonds is 4. The third kappa shape index (κ3) is 4.76. The van der Waals surface area contributed by atoms with Crippen molar-refractivity contribution in [3.05, 3.63) is 34.1 Å². The Morgan fingerprint density at radius 3 is 2.70 bits per heavy atom. The Morgan fingerprint density at radius 2 is 2.09 bits per heavy atom. The predicted molar refractivity (Wildman–Crippen MR) is 81.8 cm³/mol. The maximum Gasteiger partial charge on any atom is 0.451 e. The van der Waals surface area contributed by atoms with Crippen LogP contribution in [0, 0.1) is 0 Å². The van der Waals surface area contributed by atoms with E-state index < -0.39 is 29.1 Å². The standard InChI is InChI=1S/C12H9Cl2F3N4OS/c1-5(23-8-4-6(13)2-3-7(8)14)9(22)18-11-19-10(20-21-11)12(15,16)17/h2-5H,1H3,(H2,18,19,20,21,22). The van der Waals surface area contributed by atoms with Gasteiger partial charge in [0, 0.05) is 9.92 Å². The number of benzene rings is 1. The van der Waals surface area contributed by atoms with Gasteiger partial charge in [0.2, 0.25) is 17.7 Å². The number of hydrogen-bond acceptors (Lipinski definition) is 4. The van der Waals surface area contributed by atoms with Crippen LogP contribution in [0.3, 0.4) is 0 Å². The molecule has 124 valence electrons. The zero-order chi connectivity index (χ0) is 17.2. The van der Waals surface area contributed by atoms with Crippen LogP contribution < -0.4 is 5.32 Å². The molecule has 5 nitrogen and oxygen atoms in total. The second-order valence-electron chi connectivity index (χ2n) is 4.33. The zero-order valence-electron chi connectivity index (χ0n) is 11.4. The summed E-state index contributed by atoms with van der Waals surface area (Å²) in [7, 11) is 0. The van der Waals surface area contributed by atoms with Gasteiger partial charge < -0.3 is 0 Å². The lowest BCUT2D eigenvalue weighted by Crippen LogP contribution is -2.23. The van der Waals surface area contributed by atoms with Crippen molar-refractivity contribution in [1.82, 2.24) is 15.2 Å². The molecule has 0 saturated heterocycles. The molecule has 1 aromatic carbocycles. The number of nitrogens with one attached hydrogen (secondary N) is 2. The van der Waals surface area contributed by atoms with Crippen LogP contribution in [-0.2, 0) is 11.0 Å². The topological polar surface area (TPSA) is 70.7 Å². The quantitative estimate of drug-likeness (QED) is 0.772. The van der Waals surface area contributed by atoms with Crippen molar-refractivity contribution in [2.75, 3.05) is 5.32 Å². The Hall–Kier alpha value is -1.45. The summed E-state index contributed by atoms with van der Waals surface area (Å²) in [6, 6.07) is 4.78. The average molecular weight is 385 g/mol. The monoisotopic (exact) mass is 384 g/mol. The van der Waals surface area contributed by atoms with Gasteiger partial charge in [-0.2, -0.15) is 18.2 Å². The number of hydrogen-bond donors (Lipinski definition) is 2. The molecule has 1 unspecified atom stereocenters. The number of aromatic nitrogens is 3. The highest BCUT2D eigenvalue weighted by Crippen LogP contribution is 2.33. The first-order valence-electron chi connectivity index (χ1n) is 6.09. The molecular formula is C12H9Cl2F3N4OS. The first kappa shape index (κ1) is 17.9. The second-order valence-corrected chi connectivity index (χ2v) is 6.56. The predicted octanol–water partition coefficient (Wildman–Crippen LogP) is 4.25. The summed E-state index contributed by atoms with van der Waals surface area (Å²) in [6.45, 7) is 1.56. The highest BCUT2D eigenvalue weighted by molar-refractivity contribution is 8.00. The van der Waals surface area contributed by atoms with Crippen LogP contribution in [0.25, 0.3) is 0 Å². The Morgan fingerprint density at radius 1 is 1.39 bits per heavy atom. The molecule has 1 atom stereocenters. The van der Waals surface area contributed by atoms with Crippen LogP contribution in [0.4, 0.5) is 19.1 Å². The number of alkyl halides is 3. The smallest absolute Gasteiger partial charge is 0.292 e. The number of thioether (sulfide) groups is 1. The first-order chi connectivity index (χ1) is 10.7. The Bertz CT molecular complexity index is 723. The SMILES string of the molecule is CC(Sc1cc(Cl)ccc1Cl)C(=O)Nc1n[nH]c(C(F)(F)F)n1. The van der Waals surface area contributed by atoms with Crippen molar-refractivity contribution < 1.29 is 18.0 Å². The van der Waals surface area contributed by atoms with Gasteiger partial charge in [0.1, 0.15) is 0 Å². The summed E-state index contributed by atoms with van der Waals surface area (Å²) < 4.78 is 37.2. The molecule has 11 heteroatoms. The van der Waals surface area contributed by atoms with Gasteiger partial charge in [-0.25, -0.2) is 0 Å². The normalized spacial score (nSPS) is 13.0. The number of aromatic amines is 1. The van der Waals surface area contributed by atoms with E-state index in [0.29, 0.717) is 14.9 Å². The van der Waals surface area contributed by atoms with Crippen LogP contribution in [0.2, 0.25) is 10.0 Å². The molecule has 2 aromatic rings. The third-order valence-electron chi connectivity index (χ3n) is 2.56. The van der Waals surface area contributed by atoms with Gasteiger partial charge in [-0.1, -0.05) is 23.2 Å². The maximum absolute atomic E-state index is 12.4. The second kappa shape index (κ2) is 6.98. The van der Waals surface area contributed by atoms with Crippen molar-refractivity contribution in [3.8, 4) is 0 Å². The first-order valence-corrected chi connectivity index (χ1v) is 7.72. The van der Waals surface area contributed by atoms with E-state index in [4.69, 9.17) is 23.2 Å². The summed E-state index contributed by atoms with van der Waals surface area (Å²) in [5.41, 5.74) is 0. The van der Waals surface area contributed by atoms with Gasteiger partial charge in [0.25, 0.3) is 0 Å². The summed E-state index contributed by atoms with van der Waals surface area (Å²) >= 11 is 13.0. The minimum Gasteiger partial charge on any atom is -0.292 e. The van der Waals surface area contributed by atoms with Crippen molar-refractivity contribution >= 4 is 46.8 Å². The fourth-order valence-corrected chi connectivity index (χ4v) is 2.88. The fraction of sp³-hybridized carbons (Fsp3) is 0.250. The lowest BCUT2D eigenvalue weighted by Gasteiger charge is -2.11. The van der Waals surface area contributed by atoms with Gasteiger partial charge in [-0.3, -0.25) is 15.2 Å². The minimum atomic E-state index is -4.66. The molecule has 0 spiro atoms. The highest BCUT2D eigenvalue weighted by atomic mass is 35.5. The van der Waals surface area contributed by atoms with E-state index in [-0.39, 0.29) is 0 Å². The van der Waals surface area contributed by atoms with Crippen LogP contribution in [0.5, 0.6) is 0 Å². The van der Waals surface area contributed by atoms with Crippen molar-refractivity contribution in [2.24, 2.45) is 0 Å². The molecule has 0 aliphatic heterocycles. The van der Waals surface area contributed by atoms with Gasteiger partial charge in [0.15, 0.2) is 0 Å². The zero-order valence-corrected chi connectivity index (χ0v) is 13.7. The summed E-state index contributed by atoms with van der Waals surface area (Å²) in [4.78, 5) is 15.7. The van der Waals surface area contributed by atoms with E-state index in [2.05, 4.69) is 15.4 Å². The number of amides is 1. The molecule has 2 N–H and O–H groups in total. The molecule has 1 amide bonds. The van der Waals surface area contributed by atoms with E-state index in [9.17, 15) is 18.0 Å². The van der Waals surface area contributed by atoms with Crippen molar-refractivity contribution in [2.45, 2.75) is 23.2 Å². The van der Waals surface area contributed by atoms with Gasteiger partial charge in [-0.05, 0) is 25.1 Å². The maximum atomic E-state index is 12.4. The van der Waals surface area contributed by atoms with E-state index in [1.807, 2.05) is 0 Å². The highest BCUT2D eigenvalue weighted by Gasteiger charge is 2.35. The van der Waals surface area contributed by atoms with Crippen molar-refractivity contribution in [1.29, 1.82) is 0 Å². The molecule has 1 heterocycles. The van der Waals surface area contributed by atoms with Crippen LogP contribution in [-0.4, -0.2) is 26.3 Å². The van der Waals surface area contributed by atoms with Crippen molar-refractivity contribution in [3.63, 3.8) is 0 Å². The molecule has 1 aromatic heterocycles. The van der Waals surface area contributed by atoms with E-state index in [1.165, 1.54) is 0 Å². The van der Waals surface area contributed by atoms with E-state index in [1.54, 1.807) is 30.2 Å². The van der Waals surface area contributed by atoms with Crippen LogP contribution >= 0.6 is 35.0 Å². The number of carbonyl (C=O) groups is 1. The molecule has 0 fully saturated rings. The minimum absolute atomic E-state index is 0.413. The van der Waals surface area contributed by atoms with Gasteiger partial charge in [-0.15, -0.1) is 16.9 Å². The molecule has 0 aliphatic carbocycles. The Kier molecular flexibility index (Phi) is 5.43. The molecule has 0 aliphatic rings.